The summed E-state index contributed by atoms with van der Waals surface area (Å²) in [6, 6.07) is 5.75. The Balaban J connectivity index is 2.04. The third-order valence-corrected chi connectivity index (χ3v) is 6.42. The number of nitrogens with zero attached hydrogens (tertiary/aromatic N) is 1. The third kappa shape index (κ3) is 5.05. The molecule has 164 valence electrons. The van der Waals surface area contributed by atoms with E-state index in [0.29, 0.717) is 18.2 Å². The van der Waals surface area contributed by atoms with E-state index in [9.17, 15) is 9.59 Å². The van der Waals surface area contributed by atoms with Crippen LogP contribution in [0.3, 0.4) is 0 Å². The van der Waals surface area contributed by atoms with E-state index < -0.39 is 0 Å². The molecular formula is C25H36N2O3. The van der Waals surface area contributed by atoms with Gasteiger partial charge in [-0.25, -0.2) is 0 Å². The average molecular weight is 413 g/mol. The molecule has 1 aromatic carbocycles. The van der Waals surface area contributed by atoms with Crippen LogP contribution >= 0.6 is 0 Å². The lowest BCUT2D eigenvalue weighted by molar-refractivity contribution is -0.130. The summed E-state index contributed by atoms with van der Waals surface area (Å²) in [5.41, 5.74) is 2.44. The fraction of sp³-hybridized carbons (Fsp3) is 0.600. The fourth-order valence-corrected chi connectivity index (χ4v) is 4.64. The Kier molecular flexibility index (Phi) is 7.57. The monoisotopic (exact) mass is 412 g/mol. The van der Waals surface area contributed by atoms with Crippen LogP contribution in [0, 0.1) is 5.92 Å². The second-order valence-corrected chi connectivity index (χ2v) is 8.93. The molecule has 1 aliphatic rings. The Hall–Kier alpha value is -2.30. The topological polar surface area (TPSA) is 62.4 Å². The van der Waals surface area contributed by atoms with Gasteiger partial charge in [-0.05, 0) is 55.7 Å². The molecule has 0 saturated heterocycles. The van der Waals surface area contributed by atoms with Crippen molar-refractivity contribution in [2.45, 2.75) is 71.6 Å². The van der Waals surface area contributed by atoms with Gasteiger partial charge < -0.3 is 14.6 Å². The number of benzene rings is 1. The van der Waals surface area contributed by atoms with Crippen LogP contribution in [0.4, 0.5) is 0 Å². The Morgan fingerprint density at radius 2 is 1.97 bits per heavy atom. The van der Waals surface area contributed by atoms with E-state index in [2.05, 4.69) is 18.8 Å². The molecule has 1 saturated carbocycles. The molecule has 1 amide bonds. The predicted octanol–water partition coefficient (Wildman–Crippen LogP) is 5.02. The van der Waals surface area contributed by atoms with Crippen molar-refractivity contribution >= 4 is 16.8 Å². The van der Waals surface area contributed by atoms with Gasteiger partial charge in [-0.3, -0.25) is 9.59 Å². The zero-order valence-electron chi connectivity index (χ0n) is 18.9. The molecular weight excluding hydrogens is 376 g/mol. The second-order valence-electron chi connectivity index (χ2n) is 8.93. The first-order valence-corrected chi connectivity index (χ1v) is 11.4. The zero-order valence-corrected chi connectivity index (χ0v) is 18.9. The van der Waals surface area contributed by atoms with Gasteiger partial charge in [-0.1, -0.05) is 33.1 Å². The second kappa shape index (κ2) is 10.1. The van der Waals surface area contributed by atoms with Crippen LogP contribution in [0.2, 0.25) is 0 Å². The lowest BCUT2D eigenvalue weighted by Gasteiger charge is -2.26. The van der Waals surface area contributed by atoms with Gasteiger partial charge in [0.25, 0.3) is 5.56 Å². The Morgan fingerprint density at radius 3 is 2.60 bits per heavy atom. The maximum Gasteiger partial charge on any atom is 0.252 e. The van der Waals surface area contributed by atoms with Crippen LogP contribution in [-0.4, -0.2) is 36.0 Å². The van der Waals surface area contributed by atoms with Crippen LogP contribution in [-0.2, 0) is 11.2 Å². The standard InChI is InChI=1S/C25H36N2O3/c1-5-27(14-13-17(2)3)23(28)16-21-20-12-11-19(30-4)15-22(20)26-25(29)24(21)18-9-7-6-8-10-18/h11-12,15,17-18H,5-10,13-14,16H2,1-4H3,(H,26,29). The van der Waals surface area contributed by atoms with Gasteiger partial charge in [0.2, 0.25) is 5.91 Å². The minimum Gasteiger partial charge on any atom is -0.497 e. The molecule has 1 aliphatic carbocycles. The molecule has 0 atom stereocenters. The third-order valence-electron chi connectivity index (χ3n) is 6.42. The van der Waals surface area contributed by atoms with Crippen LogP contribution in [0.25, 0.3) is 10.9 Å². The lowest BCUT2D eigenvalue weighted by atomic mass is 9.81. The molecule has 30 heavy (non-hydrogen) atoms. The highest BCUT2D eigenvalue weighted by molar-refractivity contribution is 5.90. The SMILES string of the molecule is CCN(CCC(C)C)C(=O)Cc1c(C2CCCCC2)c(=O)[nH]c2cc(OC)ccc12. The molecule has 0 radical (unpaired) electrons. The highest BCUT2D eigenvalue weighted by atomic mass is 16.5. The van der Waals surface area contributed by atoms with E-state index in [4.69, 9.17) is 4.74 Å². The van der Waals surface area contributed by atoms with Crippen molar-refractivity contribution in [3.63, 3.8) is 0 Å². The molecule has 5 heteroatoms. The van der Waals surface area contributed by atoms with Crippen molar-refractivity contribution < 1.29 is 9.53 Å². The number of carbonyl (C=O) groups excluding carboxylic acids is 1. The smallest absolute Gasteiger partial charge is 0.252 e. The normalized spacial score (nSPS) is 15.0. The Labute approximate surface area is 179 Å². The number of hydrogen-bond donors (Lipinski definition) is 1. The maximum atomic E-state index is 13.3. The van der Waals surface area contributed by atoms with Gasteiger partial charge in [-0.15, -0.1) is 0 Å². The molecule has 1 N–H and O–H groups in total. The fourth-order valence-electron chi connectivity index (χ4n) is 4.64. The molecule has 5 nitrogen and oxygen atoms in total. The largest absolute Gasteiger partial charge is 0.497 e. The van der Waals surface area contributed by atoms with Crippen LogP contribution in [0.15, 0.2) is 23.0 Å². The number of H-pyrrole nitrogens is 1. The minimum atomic E-state index is -0.0457. The number of nitrogens with one attached hydrogen (secondary N) is 1. The number of rotatable bonds is 8. The van der Waals surface area contributed by atoms with Crippen molar-refractivity contribution in [3.8, 4) is 5.75 Å². The van der Waals surface area contributed by atoms with Gasteiger partial charge in [-0.2, -0.15) is 0 Å². The molecule has 1 fully saturated rings. The number of methoxy groups -OCH3 is 1. The number of likely N-dealkylation sites (N-methyl/N-ethyl adjacent to an activating group) is 1. The summed E-state index contributed by atoms with van der Waals surface area (Å²) in [4.78, 5) is 31.4. The van der Waals surface area contributed by atoms with Crippen LogP contribution in [0.1, 0.15) is 76.3 Å². The van der Waals surface area contributed by atoms with E-state index in [1.807, 2.05) is 30.0 Å². The van der Waals surface area contributed by atoms with Gasteiger partial charge >= 0.3 is 0 Å². The summed E-state index contributed by atoms with van der Waals surface area (Å²) in [6.07, 6.45) is 6.84. The van der Waals surface area contributed by atoms with Crippen LogP contribution in [0.5, 0.6) is 5.75 Å². The molecule has 0 unspecified atom stereocenters. The summed E-state index contributed by atoms with van der Waals surface area (Å²) in [5, 5.41) is 0.962. The zero-order chi connectivity index (χ0) is 21.7. The van der Waals surface area contributed by atoms with Gasteiger partial charge in [0.1, 0.15) is 5.75 Å². The molecule has 0 spiro atoms. The van der Waals surface area contributed by atoms with E-state index in [0.717, 1.165) is 60.7 Å². The number of hydrogen-bond acceptors (Lipinski definition) is 3. The van der Waals surface area contributed by atoms with Crippen molar-refractivity contribution in [1.29, 1.82) is 0 Å². The van der Waals surface area contributed by atoms with Crippen LogP contribution < -0.4 is 10.3 Å². The summed E-state index contributed by atoms with van der Waals surface area (Å²) in [6.45, 7) is 7.84. The minimum absolute atomic E-state index is 0.0457. The molecule has 3 rings (SSSR count). The lowest BCUT2D eigenvalue weighted by Crippen LogP contribution is -2.34. The maximum absolute atomic E-state index is 13.3. The van der Waals surface area contributed by atoms with Crippen molar-refractivity contribution in [3.05, 3.63) is 39.7 Å². The van der Waals surface area contributed by atoms with Gasteiger partial charge in [0.05, 0.1) is 19.0 Å². The molecule has 0 aliphatic heterocycles. The Morgan fingerprint density at radius 1 is 1.23 bits per heavy atom. The van der Waals surface area contributed by atoms with Crippen molar-refractivity contribution in [2.75, 3.05) is 20.2 Å². The molecule has 1 heterocycles. The Bertz CT molecular complexity index is 926. The number of amides is 1. The number of pyridine rings is 1. The number of carbonyl (C=O) groups is 1. The first kappa shape index (κ1) is 22.4. The number of aromatic nitrogens is 1. The highest BCUT2D eigenvalue weighted by Gasteiger charge is 2.26. The highest BCUT2D eigenvalue weighted by Crippen LogP contribution is 2.35. The summed E-state index contributed by atoms with van der Waals surface area (Å²) in [5.74, 6) is 1.60. The number of fused-ring (bicyclic) bond motifs is 1. The van der Waals surface area contributed by atoms with E-state index >= 15 is 0 Å². The summed E-state index contributed by atoms with van der Waals surface area (Å²) >= 11 is 0. The first-order chi connectivity index (χ1) is 14.4. The average Bonchev–Trinajstić information content (AvgIpc) is 2.74. The first-order valence-electron chi connectivity index (χ1n) is 11.4. The molecule has 0 bridgehead atoms. The number of ether oxygens (including phenoxy) is 1. The molecule has 2 aromatic rings. The number of aromatic amines is 1. The summed E-state index contributed by atoms with van der Waals surface area (Å²) < 4.78 is 5.34. The van der Waals surface area contributed by atoms with E-state index in [1.54, 1.807) is 7.11 Å². The quantitative estimate of drug-likeness (QED) is 0.662. The van der Waals surface area contributed by atoms with E-state index in [1.165, 1.54) is 6.42 Å². The molecule has 1 aromatic heterocycles. The van der Waals surface area contributed by atoms with Gasteiger partial charge in [0, 0.05) is 30.1 Å². The summed E-state index contributed by atoms with van der Waals surface area (Å²) in [7, 11) is 1.62. The van der Waals surface area contributed by atoms with Crippen molar-refractivity contribution in [1.82, 2.24) is 9.88 Å². The predicted molar refractivity (Wildman–Crippen MR) is 122 cm³/mol. The van der Waals surface area contributed by atoms with Gasteiger partial charge in [0.15, 0.2) is 0 Å². The van der Waals surface area contributed by atoms with Crippen molar-refractivity contribution in [2.24, 2.45) is 5.92 Å². The van der Waals surface area contributed by atoms with E-state index in [-0.39, 0.29) is 23.8 Å².